The minimum atomic E-state index is 1.20. The van der Waals surface area contributed by atoms with E-state index in [9.17, 15) is 0 Å². The Morgan fingerprint density at radius 3 is 2.24 bits per heavy atom. The van der Waals surface area contributed by atoms with Crippen LogP contribution in [-0.4, -0.2) is 43.9 Å². The van der Waals surface area contributed by atoms with Gasteiger partial charge in [-0.05, 0) is 11.6 Å². The molecule has 0 saturated heterocycles. The summed E-state index contributed by atoms with van der Waals surface area (Å²) in [6.07, 6.45) is 8.24. The zero-order chi connectivity index (χ0) is 12.7. The Labute approximate surface area is 104 Å². The summed E-state index contributed by atoms with van der Waals surface area (Å²) in [6, 6.07) is 10.4. The molecule has 0 heterocycles. The highest BCUT2D eigenvalue weighted by Crippen LogP contribution is 2.15. The third-order valence-corrected chi connectivity index (χ3v) is 2.30. The molecule has 2 nitrogen and oxygen atoms in total. The van der Waals surface area contributed by atoms with Gasteiger partial charge < -0.3 is 4.90 Å². The van der Waals surface area contributed by atoms with Gasteiger partial charge in [0.1, 0.15) is 14.1 Å². The number of benzene rings is 1. The highest BCUT2D eigenvalue weighted by molar-refractivity contribution is 5.70. The zero-order valence-corrected chi connectivity index (χ0v) is 11.1. The van der Waals surface area contributed by atoms with Gasteiger partial charge in [0, 0.05) is 25.9 Å². The quantitative estimate of drug-likeness (QED) is 0.437. The molecule has 0 N–H and O–H groups in total. The van der Waals surface area contributed by atoms with Crippen molar-refractivity contribution in [3.05, 3.63) is 54.1 Å². The first-order valence-corrected chi connectivity index (χ1v) is 5.72. The minimum absolute atomic E-state index is 1.20. The van der Waals surface area contributed by atoms with E-state index in [1.165, 1.54) is 11.3 Å². The van der Waals surface area contributed by atoms with Crippen molar-refractivity contribution in [1.29, 1.82) is 0 Å². The van der Waals surface area contributed by atoms with Crippen LogP contribution in [0.25, 0.3) is 5.70 Å². The van der Waals surface area contributed by atoms with E-state index in [0.29, 0.717) is 0 Å². The first-order chi connectivity index (χ1) is 8.11. The molecule has 0 bridgehead atoms. The van der Waals surface area contributed by atoms with Crippen molar-refractivity contribution in [3.63, 3.8) is 0 Å². The van der Waals surface area contributed by atoms with Crippen molar-refractivity contribution < 1.29 is 4.58 Å². The minimum Gasteiger partial charge on any atom is -0.377 e. The Kier molecular flexibility index (Phi) is 5.21. The second-order valence-electron chi connectivity index (χ2n) is 4.31. The van der Waals surface area contributed by atoms with Gasteiger partial charge in [-0.3, -0.25) is 0 Å². The molecule has 17 heavy (non-hydrogen) atoms. The third-order valence-electron chi connectivity index (χ3n) is 2.30. The van der Waals surface area contributed by atoms with Gasteiger partial charge in [0.25, 0.3) is 0 Å². The Balaban J connectivity index is 2.91. The lowest BCUT2D eigenvalue weighted by molar-refractivity contribution is -0.458. The molecule has 1 aromatic rings. The first kappa shape index (κ1) is 13.2. The largest absolute Gasteiger partial charge is 0.377 e. The van der Waals surface area contributed by atoms with Crippen LogP contribution >= 0.6 is 0 Å². The molecule has 0 amide bonds. The predicted octanol–water partition coefficient (Wildman–Crippen LogP) is 2.49. The predicted molar refractivity (Wildman–Crippen MR) is 75.4 cm³/mol. The van der Waals surface area contributed by atoms with Gasteiger partial charge in [-0.25, -0.2) is 4.58 Å². The number of hydrogen-bond acceptors (Lipinski definition) is 1. The van der Waals surface area contributed by atoms with Crippen LogP contribution < -0.4 is 0 Å². The maximum absolute atomic E-state index is 2.12. The van der Waals surface area contributed by atoms with Gasteiger partial charge in [-0.15, -0.1) is 0 Å². The van der Waals surface area contributed by atoms with Crippen molar-refractivity contribution in [2.24, 2.45) is 0 Å². The number of nitrogens with zero attached hydrogens (tertiary/aromatic N) is 2. The molecular weight excluding hydrogens is 208 g/mol. The van der Waals surface area contributed by atoms with Crippen molar-refractivity contribution in [1.82, 2.24) is 4.90 Å². The normalized spacial score (nSPS) is 11.6. The summed E-state index contributed by atoms with van der Waals surface area (Å²) in [4.78, 5) is 2.12. The van der Waals surface area contributed by atoms with Crippen LogP contribution in [0.5, 0.6) is 0 Å². The SMILES string of the molecule is CN(C)/C(=C/C=C/C=[N+](C)C)c1ccccc1. The Morgan fingerprint density at radius 1 is 1.06 bits per heavy atom. The third kappa shape index (κ3) is 4.68. The molecule has 0 saturated carbocycles. The summed E-state index contributed by atoms with van der Waals surface area (Å²) >= 11 is 0. The van der Waals surface area contributed by atoms with Gasteiger partial charge in [0.2, 0.25) is 0 Å². The number of rotatable bonds is 4. The van der Waals surface area contributed by atoms with E-state index in [-0.39, 0.29) is 0 Å². The summed E-state index contributed by atoms with van der Waals surface area (Å²) in [5, 5.41) is 0. The highest BCUT2D eigenvalue weighted by atomic mass is 15.1. The van der Waals surface area contributed by atoms with E-state index in [0.717, 1.165) is 0 Å². The first-order valence-electron chi connectivity index (χ1n) is 5.72. The summed E-state index contributed by atoms with van der Waals surface area (Å²) in [6.45, 7) is 0. The molecule has 0 aliphatic rings. The van der Waals surface area contributed by atoms with Crippen LogP contribution in [0.15, 0.2) is 48.6 Å². The number of hydrogen-bond donors (Lipinski definition) is 0. The monoisotopic (exact) mass is 229 g/mol. The van der Waals surface area contributed by atoms with Crippen molar-refractivity contribution in [2.75, 3.05) is 28.2 Å². The fourth-order valence-electron chi connectivity index (χ4n) is 1.48. The fraction of sp³-hybridized carbons (Fsp3) is 0.267. The molecule has 0 radical (unpaired) electrons. The van der Waals surface area contributed by atoms with E-state index in [1.807, 2.05) is 37.0 Å². The van der Waals surface area contributed by atoms with Crippen LogP contribution in [0.2, 0.25) is 0 Å². The molecule has 1 rings (SSSR count). The smallest absolute Gasteiger partial charge is 0.162 e. The Morgan fingerprint density at radius 2 is 1.71 bits per heavy atom. The van der Waals surface area contributed by atoms with Gasteiger partial charge in [-0.2, -0.15) is 0 Å². The van der Waals surface area contributed by atoms with E-state index in [1.54, 1.807) is 0 Å². The number of allylic oxidation sites excluding steroid dienone is 3. The van der Waals surface area contributed by atoms with Gasteiger partial charge in [0.05, 0.1) is 0 Å². The van der Waals surface area contributed by atoms with Crippen LogP contribution in [0.3, 0.4) is 0 Å². The van der Waals surface area contributed by atoms with Crippen LogP contribution in [-0.2, 0) is 0 Å². The lowest BCUT2D eigenvalue weighted by atomic mass is 10.1. The zero-order valence-electron chi connectivity index (χ0n) is 11.1. The van der Waals surface area contributed by atoms with Crippen molar-refractivity contribution in [3.8, 4) is 0 Å². The molecule has 0 aromatic heterocycles. The van der Waals surface area contributed by atoms with Crippen LogP contribution in [0, 0.1) is 0 Å². The second-order valence-corrected chi connectivity index (χ2v) is 4.31. The molecule has 0 unspecified atom stereocenters. The molecule has 90 valence electrons. The highest BCUT2D eigenvalue weighted by Gasteiger charge is 2.00. The standard InChI is InChI=1S/C15H21N2/c1-16(2)13-9-8-12-15(17(3)4)14-10-6-5-7-11-14/h5-13H,1-4H3/q+1. The second kappa shape index (κ2) is 6.69. The average molecular weight is 229 g/mol. The van der Waals surface area contributed by atoms with Crippen molar-refractivity contribution in [2.45, 2.75) is 0 Å². The van der Waals surface area contributed by atoms with Crippen molar-refractivity contribution >= 4 is 11.9 Å². The fourth-order valence-corrected chi connectivity index (χ4v) is 1.48. The summed E-state index contributed by atoms with van der Waals surface area (Å²) < 4.78 is 2.02. The molecule has 0 aliphatic carbocycles. The lowest BCUT2D eigenvalue weighted by Crippen LogP contribution is -2.09. The summed E-state index contributed by atoms with van der Waals surface area (Å²) in [5.74, 6) is 0. The molecule has 2 heteroatoms. The Bertz CT molecular complexity index is 421. The van der Waals surface area contributed by atoms with Crippen LogP contribution in [0.1, 0.15) is 5.56 Å². The van der Waals surface area contributed by atoms with E-state index in [4.69, 9.17) is 0 Å². The maximum Gasteiger partial charge on any atom is 0.162 e. The molecule has 1 aromatic carbocycles. The molecule has 0 spiro atoms. The van der Waals surface area contributed by atoms with Crippen LogP contribution in [0.4, 0.5) is 0 Å². The summed E-state index contributed by atoms with van der Waals surface area (Å²) in [5.41, 5.74) is 2.43. The molecule has 0 aliphatic heterocycles. The van der Waals surface area contributed by atoms with E-state index in [2.05, 4.69) is 55.4 Å². The molecule has 0 fully saturated rings. The topological polar surface area (TPSA) is 6.25 Å². The van der Waals surface area contributed by atoms with Gasteiger partial charge in [-0.1, -0.05) is 36.4 Å². The molecule has 0 atom stereocenters. The van der Waals surface area contributed by atoms with E-state index < -0.39 is 0 Å². The lowest BCUT2D eigenvalue weighted by Gasteiger charge is -2.16. The maximum atomic E-state index is 2.12. The average Bonchev–Trinajstić information content (AvgIpc) is 2.29. The Hall–Kier alpha value is -1.83. The molecular formula is C15H21N2+. The van der Waals surface area contributed by atoms with E-state index >= 15 is 0 Å². The summed E-state index contributed by atoms with van der Waals surface area (Å²) in [7, 11) is 8.14. The van der Waals surface area contributed by atoms with Gasteiger partial charge in [0.15, 0.2) is 6.21 Å². The van der Waals surface area contributed by atoms with Gasteiger partial charge >= 0.3 is 0 Å².